The fourth-order valence-electron chi connectivity index (χ4n) is 3.01. The van der Waals surface area contributed by atoms with Crippen molar-refractivity contribution in [1.29, 1.82) is 0 Å². The van der Waals surface area contributed by atoms with Gasteiger partial charge in [-0.05, 0) is 30.9 Å². The maximum Gasteiger partial charge on any atom is 0.270 e. The van der Waals surface area contributed by atoms with Crippen molar-refractivity contribution < 1.29 is 4.79 Å². The topological polar surface area (TPSA) is 63.5 Å². The van der Waals surface area contributed by atoms with Crippen LogP contribution < -0.4 is 10.9 Å². The van der Waals surface area contributed by atoms with Gasteiger partial charge in [0.1, 0.15) is 11.2 Å². The van der Waals surface area contributed by atoms with Crippen LogP contribution in [0.5, 0.6) is 0 Å². The van der Waals surface area contributed by atoms with Crippen LogP contribution in [0.4, 0.5) is 0 Å². The van der Waals surface area contributed by atoms with E-state index in [1.807, 2.05) is 6.07 Å². The van der Waals surface area contributed by atoms with Gasteiger partial charge < -0.3 is 5.32 Å². The number of carbonyl (C=O) groups excluding carboxylic acids is 1. The van der Waals surface area contributed by atoms with Gasteiger partial charge in [0.25, 0.3) is 11.5 Å². The van der Waals surface area contributed by atoms with Gasteiger partial charge in [-0.25, -0.2) is 4.98 Å². The Morgan fingerprint density at radius 3 is 3.05 bits per heavy atom. The van der Waals surface area contributed by atoms with Crippen molar-refractivity contribution in [2.75, 3.05) is 0 Å². The molecule has 3 rings (SSSR count). The lowest BCUT2D eigenvalue weighted by atomic mass is 9.87. The lowest BCUT2D eigenvalue weighted by Gasteiger charge is -2.27. The molecule has 0 spiro atoms. The summed E-state index contributed by atoms with van der Waals surface area (Å²) in [6.07, 6.45) is 7.31. The highest BCUT2D eigenvalue weighted by molar-refractivity contribution is 5.93. The van der Waals surface area contributed by atoms with E-state index >= 15 is 0 Å². The van der Waals surface area contributed by atoms with Crippen LogP contribution in [0.3, 0.4) is 0 Å². The lowest BCUT2D eigenvalue weighted by Crippen LogP contribution is -2.40. The molecule has 1 fully saturated rings. The minimum atomic E-state index is -0.318. The van der Waals surface area contributed by atoms with Gasteiger partial charge in [-0.15, -0.1) is 0 Å². The van der Waals surface area contributed by atoms with Crippen molar-refractivity contribution in [3.63, 3.8) is 0 Å². The van der Waals surface area contributed by atoms with E-state index in [1.54, 1.807) is 18.3 Å². The van der Waals surface area contributed by atoms with E-state index in [0.717, 1.165) is 19.3 Å². The minimum Gasteiger partial charge on any atom is -0.349 e. The zero-order valence-corrected chi connectivity index (χ0v) is 12.1. The number of fused-ring (bicyclic) bond motifs is 1. The molecule has 2 aromatic heterocycles. The first-order chi connectivity index (χ1) is 10.1. The molecule has 2 aromatic rings. The van der Waals surface area contributed by atoms with Crippen molar-refractivity contribution in [2.45, 2.75) is 38.6 Å². The molecule has 5 heteroatoms. The van der Waals surface area contributed by atoms with Gasteiger partial charge in [-0.1, -0.05) is 25.8 Å². The number of hydrogen-bond donors (Lipinski definition) is 1. The third-order valence-corrected chi connectivity index (χ3v) is 4.13. The van der Waals surface area contributed by atoms with Crippen LogP contribution >= 0.6 is 0 Å². The number of rotatable bonds is 2. The first-order valence-electron chi connectivity index (χ1n) is 7.42. The summed E-state index contributed by atoms with van der Waals surface area (Å²) < 4.78 is 1.40. The molecule has 0 aromatic carbocycles. The number of aromatic nitrogens is 2. The van der Waals surface area contributed by atoms with Gasteiger partial charge in [-0.2, -0.15) is 0 Å². The summed E-state index contributed by atoms with van der Waals surface area (Å²) in [5.41, 5.74) is 0.337. The smallest absolute Gasteiger partial charge is 0.270 e. The highest BCUT2D eigenvalue weighted by Crippen LogP contribution is 2.23. The van der Waals surface area contributed by atoms with Crippen molar-refractivity contribution in [2.24, 2.45) is 5.92 Å². The minimum absolute atomic E-state index is 0.108. The van der Waals surface area contributed by atoms with Crippen LogP contribution in [0, 0.1) is 5.92 Å². The highest BCUT2D eigenvalue weighted by atomic mass is 16.2. The van der Waals surface area contributed by atoms with Gasteiger partial charge in [0, 0.05) is 18.4 Å². The molecule has 1 aliphatic rings. The van der Waals surface area contributed by atoms with E-state index in [-0.39, 0.29) is 23.1 Å². The summed E-state index contributed by atoms with van der Waals surface area (Å²) >= 11 is 0. The van der Waals surface area contributed by atoms with Gasteiger partial charge >= 0.3 is 0 Å². The predicted molar refractivity (Wildman–Crippen MR) is 80.3 cm³/mol. The fraction of sp³-hybridized carbons (Fsp3) is 0.438. The van der Waals surface area contributed by atoms with Gasteiger partial charge in [-0.3, -0.25) is 14.0 Å². The van der Waals surface area contributed by atoms with Gasteiger partial charge in [0.15, 0.2) is 0 Å². The normalized spacial score (nSPS) is 22.1. The van der Waals surface area contributed by atoms with E-state index in [4.69, 9.17) is 0 Å². The average molecular weight is 285 g/mol. The molecular weight excluding hydrogens is 266 g/mol. The van der Waals surface area contributed by atoms with Crippen molar-refractivity contribution in [3.8, 4) is 0 Å². The van der Waals surface area contributed by atoms with Crippen LogP contribution in [0.2, 0.25) is 0 Å². The van der Waals surface area contributed by atoms with E-state index in [1.165, 1.54) is 17.0 Å². The monoisotopic (exact) mass is 285 g/mol. The van der Waals surface area contributed by atoms with E-state index in [9.17, 15) is 9.59 Å². The second kappa shape index (κ2) is 5.68. The number of pyridine rings is 1. The number of carbonyl (C=O) groups is 1. The largest absolute Gasteiger partial charge is 0.349 e. The molecule has 110 valence electrons. The summed E-state index contributed by atoms with van der Waals surface area (Å²) in [7, 11) is 0. The van der Waals surface area contributed by atoms with Crippen molar-refractivity contribution in [3.05, 3.63) is 46.5 Å². The number of amides is 1. The number of nitrogens with one attached hydrogen (secondary N) is 1. The Hall–Kier alpha value is -2.17. The number of nitrogens with zero attached hydrogens (tertiary/aromatic N) is 2. The van der Waals surface area contributed by atoms with Gasteiger partial charge in [0.05, 0.1) is 0 Å². The standard InChI is InChI=1S/C16H19N3O2/c1-11-5-4-6-12(9-11)18-15(20)13-10-17-14-7-2-3-8-19(14)16(13)21/h2-3,7-8,10-12H,4-6,9H2,1H3,(H,18,20). The van der Waals surface area contributed by atoms with E-state index in [0.29, 0.717) is 11.6 Å². The molecule has 0 radical (unpaired) electrons. The molecule has 1 aliphatic carbocycles. The molecule has 2 unspecified atom stereocenters. The van der Waals surface area contributed by atoms with Gasteiger partial charge in [0.2, 0.25) is 0 Å². The van der Waals surface area contributed by atoms with Crippen LogP contribution in [-0.4, -0.2) is 21.3 Å². The Balaban J connectivity index is 1.84. The first-order valence-corrected chi connectivity index (χ1v) is 7.42. The highest BCUT2D eigenvalue weighted by Gasteiger charge is 2.22. The SMILES string of the molecule is CC1CCCC(NC(=O)c2cnc3ccccn3c2=O)C1. The molecule has 1 N–H and O–H groups in total. The van der Waals surface area contributed by atoms with Crippen LogP contribution in [-0.2, 0) is 0 Å². The second-order valence-corrected chi connectivity index (χ2v) is 5.85. The predicted octanol–water partition coefficient (Wildman–Crippen LogP) is 2.00. The van der Waals surface area contributed by atoms with Crippen LogP contribution in [0.15, 0.2) is 35.4 Å². The Kier molecular flexibility index (Phi) is 3.73. The summed E-state index contributed by atoms with van der Waals surface area (Å²) in [6, 6.07) is 5.47. The third-order valence-electron chi connectivity index (χ3n) is 4.13. The molecule has 0 aliphatic heterocycles. The molecule has 2 heterocycles. The summed E-state index contributed by atoms with van der Waals surface area (Å²) in [6.45, 7) is 2.20. The lowest BCUT2D eigenvalue weighted by molar-refractivity contribution is 0.0919. The Morgan fingerprint density at radius 1 is 1.38 bits per heavy atom. The molecule has 0 saturated heterocycles. The maximum atomic E-state index is 12.3. The molecule has 5 nitrogen and oxygen atoms in total. The molecule has 2 atom stereocenters. The number of hydrogen-bond acceptors (Lipinski definition) is 3. The summed E-state index contributed by atoms with van der Waals surface area (Å²) in [5, 5.41) is 2.98. The fourth-order valence-corrected chi connectivity index (χ4v) is 3.01. The Labute approximate surface area is 123 Å². The van der Waals surface area contributed by atoms with E-state index < -0.39 is 0 Å². The molecule has 1 saturated carbocycles. The van der Waals surface area contributed by atoms with Crippen LogP contribution in [0.25, 0.3) is 5.65 Å². The first kappa shape index (κ1) is 13.8. The molecule has 21 heavy (non-hydrogen) atoms. The Morgan fingerprint density at radius 2 is 2.24 bits per heavy atom. The zero-order valence-electron chi connectivity index (χ0n) is 12.1. The molecule has 1 amide bonds. The average Bonchev–Trinajstić information content (AvgIpc) is 2.48. The van der Waals surface area contributed by atoms with Crippen LogP contribution in [0.1, 0.15) is 43.0 Å². The zero-order chi connectivity index (χ0) is 14.8. The van der Waals surface area contributed by atoms with Crippen molar-refractivity contribution in [1.82, 2.24) is 14.7 Å². The second-order valence-electron chi connectivity index (χ2n) is 5.85. The third kappa shape index (κ3) is 2.82. The molecular formula is C16H19N3O2. The molecule has 0 bridgehead atoms. The quantitative estimate of drug-likeness (QED) is 0.918. The summed E-state index contributed by atoms with van der Waals surface area (Å²) in [5.74, 6) is 0.310. The van der Waals surface area contributed by atoms with Crippen molar-refractivity contribution >= 4 is 11.6 Å². The maximum absolute atomic E-state index is 12.3. The van der Waals surface area contributed by atoms with E-state index in [2.05, 4.69) is 17.2 Å². The summed E-state index contributed by atoms with van der Waals surface area (Å²) in [4.78, 5) is 28.8. The Bertz CT molecular complexity index is 723.